The number of amidine groups is 1. The molecule has 0 atom stereocenters. The number of nitrogens with one attached hydrogen (secondary N) is 1. The number of carbonyl (C=O) groups excluding carboxylic acids is 1. The summed E-state index contributed by atoms with van der Waals surface area (Å²) in [4.78, 5) is 17.0. The molecule has 1 heterocycles. The van der Waals surface area contributed by atoms with Crippen molar-refractivity contribution in [2.24, 2.45) is 4.99 Å². The van der Waals surface area contributed by atoms with Gasteiger partial charge in [-0.2, -0.15) is 0 Å². The topological polar surface area (TPSA) is 80.2 Å². The molecule has 1 amide bonds. The molecule has 2 aromatic rings. The SMILES string of the molecule is COc1cccc(/C=C2/SC(=Nc3cccc(O)c3)NC2=O)c1OC. The molecule has 1 aliphatic heterocycles. The highest BCUT2D eigenvalue weighted by Crippen LogP contribution is 2.35. The standard InChI is InChI=1S/C18H16N2O4S/c1-23-14-8-3-5-11(16(14)24-2)9-15-17(22)20-18(25-15)19-12-6-4-7-13(21)10-12/h3-10,21H,1-2H3,(H,19,20,22)/b15-9+. The van der Waals surface area contributed by atoms with Crippen LogP contribution in [0.2, 0.25) is 0 Å². The molecule has 0 bridgehead atoms. The summed E-state index contributed by atoms with van der Waals surface area (Å²) < 4.78 is 10.7. The van der Waals surface area contributed by atoms with Crippen molar-refractivity contribution in [1.82, 2.24) is 5.32 Å². The molecule has 7 heteroatoms. The summed E-state index contributed by atoms with van der Waals surface area (Å²) in [7, 11) is 3.11. The van der Waals surface area contributed by atoms with Gasteiger partial charge in [0, 0.05) is 11.6 Å². The van der Waals surface area contributed by atoms with Crippen LogP contribution in [0.3, 0.4) is 0 Å². The van der Waals surface area contributed by atoms with Crippen LogP contribution in [-0.4, -0.2) is 30.4 Å². The van der Waals surface area contributed by atoms with Crippen molar-refractivity contribution in [3.05, 3.63) is 52.9 Å². The Kier molecular flexibility index (Phi) is 4.95. The van der Waals surface area contributed by atoms with Gasteiger partial charge in [0.25, 0.3) is 5.91 Å². The van der Waals surface area contributed by atoms with E-state index < -0.39 is 0 Å². The van der Waals surface area contributed by atoms with Crippen LogP contribution in [0.15, 0.2) is 52.4 Å². The molecule has 2 N–H and O–H groups in total. The Morgan fingerprint density at radius 3 is 2.68 bits per heavy atom. The number of thioether (sulfide) groups is 1. The Labute approximate surface area is 149 Å². The summed E-state index contributed by atoms with van der Waals surface area (Å²) in [6.45, 7) is 0. The number of para-hydroxylation sites is 1. The molecule has 2 aromatic carbocycles. The van der Waals surface area contributed by atoms with Gasteiger partial charge in [-0.15, -0.1) is 0 Å². The summed E-state index contributed by atoms with van der Waals surface area (Å²) in [5, 5.41) is 12.7. The fraction of sp³-hybridized carbons (Fsp3) is 0.111. The lowest BCUT2D eigenvalue weighted by Crippen LogP contribution is -2.19. The fourth-order valence-electron chi connectivity index (χ4n) is 2.33. The normalized spacial score (nSPS) is 17.0. The first-order chi connectivity index (χ1) is 12.1. The van der Waals surface area contributed by atoms with Crippen LogP contribution in [0.4, 0.5) is 5.69 Å². The molecule has 6 nitrogen and oxygen atoms in total. The van der Waals surface area contributed by atoms with Crippen LogP contribution < -0.4 is 14.8 Å². The minimum absolute atomic E-state index is 0.119. The molecule has 1 fully saturated rings. The van der Waals surface area contributed by atoms with Crippen molar-refractivity contribution in [3.8, 4) is 17.2 Å². The number of aromatic hydroxyl groups is 1. The number of aliphatic imine (C=N–C) groups is 1. The van der Waals surface area contributed by atoms with Crippen LogP contribution in [0.25, 0.3) is 6.08 Å². The number of methoxy groups -OCH3 is 2. The maximum Gasteiger partial charge on any atom is 0.264 e. The minimum atomic E-state index is -0.242. The predicted molar refractivity (Wildman–Crippen MR) is 98.5 cm³/mol. The van der Waals surface area contributed by atoms with Crippen LogP contribution in [0.1, 0.15) is 5.56 Å². The summed E-state index contributed by atoms with van der Waals surface area (Å²) >= 11 is 1.22. The Bertz CT molecular complexity index is 877. The summed E-state index contributed by atoms with van der Waals surface area (Å²) in [5.74, 6) is 1.03. The summed E-state index contributed by atoms with van der Waals surface area (Å²) in [6, 6.07) is 12.0. The third kappa shape index (κ3) is 3.77. The van der Waals surface area contributed by atoms with Crippen molar-refractivity contribution in [3.63, 3.8) is 0 Å². The van der Waals surface area contributed by atoms with E-state index in [0.717, 1.165) is 5.56 Å². The molecule has 0 saturated carbocycles. The van der Waals surface area contributed by atoms with E-state index in [0.29, 0.717) is 27.3 Å². The molecule has 1 aliphatic rings. The van der Waals surface area contributed by atoms with E-state index >= 15 is 0 Å². The molecule has 0 aromatic heterocycles. The van der Waals surface area contributed by atoms with Crippen molar-refractivity contribution in [2.75, 3.05) is 14.2 Å². The monoisotopic (exact) mass is 356 g/mol. The summed E-state index contributed by atoms with van der Waals surface area (Å²) in [6.07, 6.45) is 1.73. The average molecular weight is 356 g/mol. The molecular formula is C18H16N2O4S. The van der Waals surface area contributed by atoms with Gasteiger partial charge in [0.15, 0.2) is 16.7 Å². The molecule has 0 spiro atoms. The average Bonchev–Trinajstić information content (AvgIpc) is 2.93. The molecule has 128 valence electrons. The van der Waals surface area contributed by atoms with E-state index in [1.165, 1.54) is 17.8 Å². The van der Waals surface area contributed by atoms with Gasteiger partial charge in [-0.25, -0.2) is 4.99 Å². The first-order valence-corrected chi connectivity index (χ1v) is 8.22. The number of rotatable bonds is 4. The van der Waals surface area contributed by atoms with Crippen LogP contribution in [0, 0.1) is 0 Å². The van der Waals surface area contributed by atoms with Gasteiger partial charge < -0.3 is 19.9 Å². The van der Waals surface area contributed by atoms with Crippen LogP contribution in [-0.2, 0) is 4.79 Å². The van der Waals surface area contributed by atoms with E-state index in [1.807, 2.05) is 12.1 Å². The lowest BCUT2D eigenvalue weighted by molar-refractivity contribution is -0.115. The second-order valence-electron chi connectivity index (χ2n) is 5.08. The van der Waals surface area contributed by atoms with Gasteiger partial charge in [-0.05, 0) is 36.0 Å². The highest BCUT2D eigenvalue weighted by atomic mass is 32.2. The number of nitrogens with zero attached hydrogens (tertiary/aromatic N) is 1. The predicted octanol–water partition coefficient (Wildman–Crippen LogP) is 3.30. The fourth-order valence-corrected chi connectivity index (χ4v) is 3.16. The molecule has 0 radical (unpaired) electrons. The third-order valence-corrected chi connectivity index (χ3v) is 4.34. The van der Waals surface area contributed by atoms with Gasteiger partial charge in [0.05, 0.1) is 24.8 Å². The van der Waals surface area contributed by atoms with E-state index in [4.69, 9.17) is 9.47 Å². The van der Waals surface area contributed by atoms with Crippen molar-refractivity contribution in [2.45, 2.75) is 0 Å². The number of benzene rings is 2. The second-order valence-corrected chi connectivity index (χ2v) is 6.11. The van der Waals surface area contributed by atoms with Crippen molar-refractivity contribution in [1.29, 1.82) is 0 Å². The zero-order valence-corrected chi connectivity index (χ0v) is 14.5. The molecule has 1 saturated heterocycles. The molecule has 25 heavy (non-hydrogen) atoms. The van der Waals surface area contributed by atoms with Gasteiger partial charge in [0.2, 0.25) is 0 Å². The minimum Gasteiger partial charge on any atom is -0.508 e. The van der Waals surface area contributed by atoms with E-state index in [2.05, 4.69) is 10.3 Å². The Morgan fingerprint density at radius 2 is 1.96 bits per heavy atom. The Morgan fingerprint density at radius 1 is 1.16 bits per heavy atom. The second kappa shape index (κ2) is 7.31. The number of amides is 1. The van der Waals surface area contributed by atoms with Crippen LogP contribution >= 0.6 is 11.8 Å². The first-order valence-electron chi connectivity index (χ1n) is 7.40. The quantitative estimate of drug-likeness (QED) is 0.822. The van der Waals surface area contributed by atoms with Gasteiger partial charge >= 0.3 is 0 Å². The number of phenols is 1. The lowest BCUT2D eigenvalue weighted by Gasteiger charge is -2.10. The maximum absolute atomic E-state index is 12.2. The molecule has 0 aliphatic carbocycles. The Balaban J connectivity index is 1.90. The zero-order chi connectivity index (χ0) is 17.8. The van der Waals surface area contributed by atoms with Gasteiger partial charge in [-0.1, -0.05) is 18.2 Å². The molecular weight excluding hydrogens is 340 g/mol. The number of carbonyl (C=O) groups is 1. The van der Waals surface area contributed by atoms with E-state index in [-0.39, 0.29) is 11.7 Å². The van der Waals surface area contributed by atoms with Gasteiger partial charge in [-0.3, -0.25) is 4.79 Å². The summed E-state index contributed by atoms with van der Waals surface area (Å²) in [5.41, 5.74) is 1.29. The van der Waals surface area contributed by atoms with Gasteiger partial charge in [0.1, 0.15) is 5.75 Å². The first kappa shape index (κ1) is 16.9. The highest BCUT2D eigenvalue weighted by molar-refractivity contribution is 8.18. The van der Waals surface area contributed by atoms with E-state index in [9.17, 15) is 9.90 Å². The largest absolute Gasteiger partial charge is 0.508 e. The molecule has 3 rings (SSSR count). The number of ether oxygens (including phenoxy) is 2. The maximum atomic E-state index is 12.2. The number of hydrogen-bond acceptors (Lipinski definition) is 6. The van der Waals surface area contributed by atoms with Crippen molar-refractivity contribution < 1.29 is 19.4 Å². The number of hydrogen-bond donors (Lipinski definition) is 2. The smallest absolute Gasteiger partial charge is 0.264 e. The zero-order valence-electron chi connectivity index (χ0n) is 13.6. The van der Waals surface area contributed by atoms with E-state index in [1.54, 1.807) is 44.6 Å². The van der Waals surface area contributed by atoms with Crippen LogP contribution in [0.5, 0.6) is 17.2 Å². The highest BCUT2D eigenvalue weighted by Gasteiger charge is 2.24. The molecule has 0 unspecified atom stereocenters. The lowest BCUT2D eigenvalue weighted by atomic mass is 10.1. The Hall–Kier alpha value is -2.93. The van der Waals surface area contributed by atoms with Crippen molar-refractivity contribution >= 4 is 34.6 Å². The third-order valence-electron chi connectivity index (χ3n) is 3.43. The number of phenolic OH excluding ortho intramolecular Hbond substituents is 1.